The molecule has 3 rings (SSSR count). The molecule has 1 atom stereocenters. The number of nitrogens with zero attached hydrogens (tertiary/aromatic N) is 1. The summed E-state index contributed by atoms with van der Waals surface area (Å²) in [6.07, 6.45) is 0. The molecule has 0 aliphatic heterocycles. The van der Waals surface area contributed by atoms with Crippen molar-refractivity contribution in [2.75, 3.05) is 10.8 Å². The molecule has 30 heavy (non-hydrogen) atoms. The van der Waals surface area contributed by atoms with Crippen molar-refractivity contribution in [2.45, 2.75) is 24.8 Å². The second kappa shape index (κ2) is 9.09. The van der Waals surface area contributed by atoms with Gasteiger partial charge in [0.1, 0.15) is 12.4 Å². The SMILES string of the molecule is Cc1ccc(S(=O)(=O)N(CC(=O)N[C@@H](C)c2ccccc2)c2ccccc2F)cc1. The summed E-state index contributed by atoms with van der Waals surface area (Å²) >= 11 is 0. The maximum atomic E-state index is 14.5. The van der Waals surface area contributed by atoms with Crippen LogP contribution in [0, 0.1) is 12.7 Å². The van der Waals surface area contributed by atoms with Crippen molar-refractivity contribution in [1.82, 2.24) is 5.32 Å². The molecular formula is C23H23FN2O3S. The summed E-state index contributed by atoms with van der Waals surface area (Å²) in [4.78, 5) is 12.7. The number of amides is 1. The van der Waals surface area contributed by atoms with Crippen molar-refractivity contribution >= 4 is 21.6 Å². The molecular weight excluding hydrogens is 403 g/mol. The number of rotatable bonds is 7. The molecule has 0 radical (unpaired) electrons. The maximum Gasteiger partial charge on any atom is 0.264 e. The van der Waals surface area contributed by atoms with Gasteiger partial charge in [-0.1, -0.05) is 60.2 Å². The van der Waals surface area contributed by atoms with Crippen molar-refractivity contribution in [3.05, 3.63) is 95.8 Å². The Morgan fingerprint density at radius 2 is 1.57 bits per heavy atom. The summed E-state index contributed by atoms with van der Waals surface area (Å²) in [5.41, 5.74) is 1.59. The monoisotopic (exact) mass is 426 g/mol. The molecule has 0 unspecified atom stereocenters. The average molecular weight is 427 g/mol. The third-order valence-electron chi connectivity index (χ3n) is 4.69. The molecule has 5 nitrogen and oxygen atoms in total. The molecule has 1 N–H and O–H groups in total. The largest absolute Gasteiger partial charge is 0.348 e. The second-order valence-corrected chi connectivity index (χ2v) is 8.84. The number of nitrogens with one attached hydrogen (secondary N) is 1. The summed E-state index contributed by atoms with van der Waals surface area (Å²) in [5, 5.41) is 2.78. The van der Waals surface area contributed by atoms with Gasteiger partial charge in [0.25, 0.3) is 10.0 Å². The van der Waals surface area contributed by atoms with E-state index >= 15 is 0 Å². The van der Waals surface area contributed by atoms with E-state index in [4.69, 9.17) is 0 Å². The van der Waals surface area contributed by atoms with Crippen molar-refractivity contribution < 1.29 is 17.6 Å². The highest BCUT2D eigenvalue weighted by molar-refractivity contribution is 7.92. The molecule has 1 amide bonds. The van der Waals surface area contributed by atoms with Gasteiger partial charge >= 0.3 is 0 Å². The number of anilines is 1. The minimum absolute atomic E-state index is 0.0136. The van der Waals surface area contributed by atoms with E-state index in [0.29, 0.717) is 0 Å². The Labute approximate surface area is 176 Å². The van der Waals surface area contributed by atoms with Gasteiger partial charge in [-0.2, -0.15) is 0 Å². The molecule has 7 heteroatoms. The van der Waals surface area contributed by atoms with Crippen LogP contribution >= 0.6 is 0 Å². The van der Waals surface area contributed by atoms with Crippen LogP contribution in [0.4, 0.5) is 10.1 Å². The number of aryl methyl sites for hydroxylation is 1. The zero-order chi connectivity index (χ0) is 21.7. The Hall–Kier alpha value is -3.19. The Morgan fingerprint density at radius 3 is 2.20 bits per heavy atom. The van der Waals surface area contributed by atoms with Crippen LogP contribution in [0.1, 0.15) is 24.1 Å². The van der Waals surface area contributed by atoms with E-state index in [1.165, 1.54) is 30.3 Å². The molecule has 3 aromatic carbocycles. The minimum Gasteiger partial charge on any atom is -0.348 e. The van der Waals surface area contributed by atoms with E-state index in [1.54, 1.807) is 19.1 Å². The first-order chi connectivity index (χ1) is 14.3. The van der Waals surface area contributed by atoms with Crippen LogP contribution in [0.15, 0.2) is 83.8 Å². The predicted molar refractivity (Wildman–Crippen MR) is 115 cm³/mol. The quantitative estimate of drug-likeness (QED) is 0.616. The molecule has 0 bridgehead atoms. The van der Waals surface area contributed by atoms with Crippen LogP contribution in [-0.2, 0) is 14.8 Å². The van der Waals surface area contributed by atoms with Crippen LogP contribution in [0.2, 0.25) is 0 Å². The van der Waals surface area contributed by atoms with E-state index in [2.05, 4.69) is 5.32 Å². The normalized spacial score (nSPS) is 12.2. The fourth-order valence-corrected chi connectivity index (χ4v) is 4.46. The van der Waals surface area contributed by atoms with Crippen LogP contribution in [0.3, 0.4) is 0 Å². The highest BCUT2D eigenvalue weighted by atomic mass is 32.2. The van der Waals surface area contributed by atoms with Crippen LogP contribution in [-0.4, -0.2) is 20.9 Å². The number of hydrogen-bond acceptors (Lipinski definition) is 3. The molecule has 0 aliphatic rings. The van der Waals surface area contributed by atoms with Crippen LogP contribution in [0.25, 0.3) is 0 Å². The van der Waals surface area contributed by atoms with Crippen molar-refractivity contribution in [2.24, 2.45) is 0 Å². The summed E-state index contributed by atoms with van der Waals surface area (Å²) in [6, 6.07) is 20.7. The van der Waals surface area contributed by atoms with Crippen molar-refractivity contribution in [3.8, 4) is 0 Å². The Kier molecular flexibility index (Phi) is 6.52. The number of hydrogen-bond donors (Lipinski definition) is 1. The first-order valence-corrected chi connectivity index (χ1v) is 10.9. The van der Waals surface area contributed by atoms with Crippen molar-refractivity contribution in [3.63, 3.8) is 0 Å². The summed E-state index contributed by atoms with van der Waals surface area (Å²) < 4.78 is 41.8. The second-order valence-electron chi connectivity index (χ2n) is 6.98. The van der Waals surface area contributed by atoms with E-state index in [-0.39, 0.29) is 16.6 Å². The summed E-state index contributed by atoms with van der Waals surface area (Å²) in [6.45, 7) is 3.09. The van der Waals surface area contributed by atoms with Gasteiger partial charge in [-0.05, 0) is 43.7 Å². The Balaban J connectivity index is 1.91. The van der Waals surface area contributed by atoms with Gasteiger partial charge in [0, 0.05) is 0 Å². The topological polar surface area (TPSA) is 66.5 Å². The van der Waals surface area contributed by atoms with Gasteiger partial charge < -0.3 is 5.32 Å². The minimum atomic E-state index is -4.16. The number of halogens is 1. The fraction of sp³-hybridized carbons (Fsp3) is 0.174. The fourth-order valence-electron chi connectivity index (χ4n) is 3.03. The lowest BCUT2D eigenvalue weighted by Gasteiger charge is -2.25. The number of benzene rings is 3. The zero-order valence-corrected chi connectivity index (χ0v) is 17.6. The Bertz CT molecular complexity index is 1120. The van der Waals surface area contributed by atoms with Gasteiger partial charge in [-0.15, -0.1) is 0 Å². The van der Waals surface area contributed by atoms with Crippen LogP contribution < -0.4 is 9.62 Å². The molecule has 0 fully saturated rings. The summed E-state index contributed by atoms with van der Waals surface area (Å²) in [7, 11) is -4.16. The van der Waals surface area contributed by atoms with E-state index in [1.807, 2.05) is 37.3 Å². The number of sulfonamides is 1. The molecule has 0 saturated heterocycles. The number of para-hydroxylation sites is 1. The Morgan fingerprint density at radius 1 is 0.967 bits per heavy atom. The molecule has 156 valence electrons. The maximum absolute atomic E-state index is 14.5. The number of carbonyl (C=O) groups excluding carboxylic acids is 1. The molecule has 0 aliphatic carbocycles. The highest BCUT2D eigenvalue weighted by Gasteiger charge is 2.29. The van der Waals surface area contributed by atoms with Gasteiger partial charge in [-0.3, -0.25) is 9.10 Å². The zero-order valence-electron chi connectivity index (χ0n) is 16.7. The van der Waals surface area contributed by atoms with Gasteiger partial charge in [0.05, 0.1) is 16.6 Å². The summed E-state index contributed by atoms with van der Waals surface area (Å²) in [5.74, 6) is -1.26. The van der Waals surface area contributed by atoms with E-state index in [0.717, 1.165) is 21.5 Å². The molecule has 0 saturated carbocycles. The molecule has 0 aromatic heterocycles. The smallest absolute Gasteiger partial charge is 0.264 e. The van der Waals surface area contributed by atoms with Crippen LogP contribution in [0.5, 0.6) is 0 Å². The van der Waals surface area contributed by atoms with Gasteiger partial charge in [0.2, 0.25) is 5.91 Å². The van der Waals surface area contributed by atoms with Gasteiger partial charge in [0.15, 0.2) is 0 Å². The van der Waals surface area contributed by atoms with Gasteiger partial charge in [-0.25, -0.2) is 12.8 Å². The molecule has 0 spiro atoms. The number of carbonyl (C=O) groups is 1. The van der Waals surface area contributed by atoms with Crippen molar-refractivity contribution in [1.29, 1.82) is 0 Å². The van der Waals surface area contributed by atoms with E-state index < -0.39 is 28.3 Å². The first-order valence-electron chi connectivity index (χ1n) is 9.47. The predicted octanol–water partition coefficient (Wildman–Crippen LogP) is 4.21. The first kappa shape index (κ1) is 21.5. The lowest BCUT2D eigenvalue weighted by Crippen LogP contribution is -2.42. The highest BCUT2D eigenvalue weighted by Crippen LogP contribution is 2.26. The lowest BCUT2D eigenvalue weighted by atomic mass is 10.1. The molecule has 0 heterocycles. The molecule has 3 aromatic rings. The third-order valence-corrected chi connectivity index (χ3v) is 6.47. The third kappa shape index (κ3) is 4.86. The lowest BCUT2D eigenvalue weighted by molar-refractivity contribution is -0.120. The standard InChI is InChI=1S/C23H23FN2O3S/c1-17-12-14-20(15-13-17)30(28,29)26(22-11-7-6-10-21(22)24)16-23(27)25-18(2)19-8-4-3-5-9-19/h3-15,18H,16H2,1-2H3,(H,25,27)/t18-/m0/s1. The van der Waals surface area contributed by atoms with E-state index in [9.17, 15) is 17.6 Å². The average Bonchev–Trinajstić information content (AvgIpc) is 2.73.